The topological polar surface area (TPSA) is 91.3 Å². The number of rotatable bonds is 10. The van der Waals surface area contributed by atoms with Crippen LogP contribution in [0.25, 0.3) is 0 Å². The van der Waals surface area contributed by atoms with Crippen LogP contribution in [0.3, 0.4) is 0 Å². The van der Waals surface area contributed by atoms with E-state index in [1.165, 1.54) is 13.0 Å². The first kappa shape index (κ1) is 24.3. The summed E-state index contributed by atoms with van der Waals surface area (Å²) in [6.45, 7) is 8.96. The first-order valence-corrected chi connectivity index (χ1v) is 10.7. The smallest absolute Gasteiger partial charge is 0.303 e. The van der Waals surface area contributed by atoms with Crippen LogP contribution in [0.2, 0.25) is 0 Å². The van der Waals surface area contributed by atoms with Crippen molar-refractivity contribution in [1.29, 1.82) is 0 Å². The molecule has 1 fully saturated rings. The molecule has 1 unspecified atom stereocenters. The second kappa shape index (κ2) is 11.5. The zero-order valence-corrected chi connectivity index (χ0v) is 18.2. The summed E-state index contributed by atoms with van der Waals surface area (Å²) in [5.74, 6) is -0.966. The Hall–Kier alpha value is -2.32. The van der Waals surface area contributed by atoms with Crippen molar-refractivity contribution in [3.8, 4) is 0 Å². The molecule has 2 radical (unpaired) electrons. The lowest BCUT2D eigenvalue weighted by Gasteiger charge is -2.34. The van der Waals surface area contributed by atoms with Gasteiger partial charge in [0.15, 0.2) is 18.0 Å². The molecule has 0 bridgehead atoms. The summed E-state index contributed by atoms with van der Waals surface area (Å²) in [5, 5.41) is 11.1. The van der Waals surface area contributed by atoms with Gasteiger partial charge in [-0.2, -0.15) is 0 Å². The van der Waals surface area contributed by atoms with Crippen molar-refractivity contribution in [2.75, 3.05) is 0 Å². The Balaban J connectivity index is 1.80. The molecule has 1 saturated heterocycles. The molecule has 0 amide bonds. The van der Waals surface area contributed by atoms with E-state index in [-0.39, 0.29) is 18.5 Å². The van der Waals surface area contributed by atoms with Crippen molar-refractivity contribution in [3.05, 3.63) is 74.0 Å². The van der Waals surface area contributed by atoms with Crippen molar-refractivity contribution in [3.63, 3.8) is 0 Å². The van der Waals surface area contributed by atoms with Gasteiger partial charge in [0.05, 0.1) is 18.8 Å². The Bertz CT molecular complexity index is 806. The molecule has 32 heavy (non-hydrogen) atoms. The van der Waals surface area contributed by atoms with Crippen molar-refractivity contribution < 1.29 is 33.6 Å². The summed E-state index contributed by atoms with van der Waals surface area (Å²) >= 11 is 0. The average molecular weight is 443 g/mol. The van der Waals surface area contributed by atoms with Crippen molar-refractivity contribution >= 4 is 11.8 Å². The maximum atomic E-state index is 12.6. The van der Waals surface area contributed by atoms with Crippen LogP contribution in [0.4, 0.5) is 0 Å². The summed E-state index contributed by atoms with van der Waals surface area (Å²) in [6.07, 6.45) is 1.30. The van der Waals surface area contributed by atoms with Crippen LogP contribution in [0, 0.1) is 13.3 Å². The van der Waals surface area contributed by atoms with Gasteiger partial charge >= 0.3 is 5.97 Å². The summed E-state index contributed by atoms with van der Waals surface area (Å²) in [5.41, 5.74) is 0.945. The molecule has 2 aliphatic heterocycles. The van der Waals surface area contributed by atoms with Crippen molar-refractivity contribution in [1.82, 2.24) is 0 Å². The number of aliphatic hydroxyl groups excluding tert-OH is 1. The maximum Gasteiger partial charge on any atom is 0.303 e. The molecular weight excluding hydrogens is 412 g/mol. The predicted molar refractivity (Wildman–Crippen MR) is 117 cm³/mol. The predicted octanol–water partition coefficient (Wildman–Crippen LogP) is 2.53. The number of benzene rings is 1. The molecule has 2 heterocycles. The zero-order chi connectivity index (χ0) is 23.1. The Morgan fingerprint density at radius 3 is 2.66 bits per heavy atom. The second-order valence-electron chi connectivity index (χ2n) is 7.87. The summed E-state index contributed by atoms with van der Waals surface area (Å²) in [7, 11) is 0. The summed E-state index contributed by atoms with van der Waals surface area (Å²) in [6, 6.07) is 9.56. The number of carbonyl (C=O) groups excluding carboxylic acids is 2. The molecular formula is C25H30O7. The van der Waals surface area contributed by atoms with E-state index in [0.29, 0.717) is 12.8 Å². The maximum absolute atomic E-state index is 12.6. The molecule has 0 saturated carbocycles. The highest BCUT2D eigenvalue weighted by atomic mass is 16.6. The number of ether oxygens (including phenoxy) is 4. The normalized spacial score (nSPS) is 30.8. The first-order valence-electron chi connectivity index (χ1n) is 10.7. The Kier molecular flexibility index (Phi) is 8.75. The number of esters is 1. The average Bonchev–Trinajstić information content (AvgIpc) is 3.08. The van der Waals surface area contributed by atoms with Crippen LogP contribution in [-0.4, -0.2) is 59.6 Å². The Morgan fingerprint density at radius 1 is 1.25 bits per heavy atom. The second-order valence-corrected chi connectivity index (χ2v) is 7.87. The van der Waals surface area contributed by atoms with Gasteiger partial charge in [-0.1, -0.05) is 42.5 Å². The van der Waals surface area contributed by atoms with Gasteiger partial charge in [-0.25, -0.2) is 0 Å². The van der Waals surface area contributed by atoms with Crippen LogP contribution < -0.4 is 0 Å². The van der Waals surface area contributed by atoms with Gasteiger partial charge in [0, 0.05) is 6.92 Å². The zero-order valence-electron chi connectivity index (χ0n) is 18.2. The van der Waals surface area contributed by atoms with Gasteiger partial charge in [-0.05, 0) is 37.8 Å². The summed E-state index contributed by atoms with van der Waals surface area (Å²) < 4.78 is 23.4. The molecule has 0 spiro atoms. The Morgan fingerprint density at radius 2 is 2.00 bits per heavy atom. The van der Waals surface area contributed by atoms with Crippen LogP contribution in [0.1, 0.15) is 25.3 Å². The molecule has 0 aromatic heterocycles. The van der Waals surface area contributed by atoms with E-state index < -0.39 is 42.6 Å². The SMILES string of the molecule is [CH2][CH]C[C@H]1O[C@@H]([C@H](OC(C)=O)[C@H]2OC(CC=C)C=CC2=O)[C@H](O)[C@H]1OCc1ccccc1. The number of hydrogen-bond acceptors (Lipinski definition) is 7. The molecule has 2 aliphatic rings. The molecule has 1 N–H and O–H groups in total. The lowest BCUT2D eigenvalue weighted by atomic mass is 9.95. The first-order chi connectivity index (χ1) is 15.4. The lowest BCUT2D eigenvalue weighted by molar-refractivity contribution is -0.182. The summed E-state index contributed by atoms with van der Waals surface area (Å²) in [4.78, 5) is 24.5. The lowest BCUT2D eigenvalue weighted by Crippen LogP contribution is -2.52. The van der Waals surface area contributed by atoms with Gasteiger partial charge in [0.25, 0.3) is 0 Å². The molecule has 7 heteroatoms. The van der Waals surface area contributed by atoms with E-state index in [1.54, 1.807) is 18.6 Å². The minimum atomic E-state index is -1.15. The minimum Gasteiger partial charge on any atom is -0.456 e. The van der Waals surface area contributed by atoms with Crippen LogP contribution in [0.15, 0.2) is 55.1 Å². The molecule has 7 atom stereocenters. The molecule has 0 aliphatic carbocycles. The van der Waals surface area contributed by atoms with Gasteiger partial charge in [-0.3, -0.25) is 9.59 Å². The van der Waals surface area contributed by atoms with E-state index >= 15 is 0 Å². The standard InChI is InChI=1S/C25H30O7/c1-4-9-18-13-14-19(27)22(31-18)25(30-16(3)26)24-21(28)23(20(32-24)10-5-2)29-15-17-11-7-6-8-12-17/h4-8,11-14,18,20-25,28H,1-2,9-10,15H2,3H3/t18?,20-,21-,22+,23+,24-,25-/m1/s1. The highest BCUT2D eigenvalue weighted by Crippen LogP contribution is 2.33. The highest BCUT2D eigenvalue weighted by Gasteiger charge is 2.52. The molecule has 7 nitrogen and oxygen atoms in total. The van der Waals surface area contributed by atoms with Crippen LogP contribution >= 0.6 is 0 Å². The molecule has 3 rings (SSSR count). The third-order valence-electron chi connectivity index (χ3n) is 5.46. The van der Waals surface area contributed by atoms with Crippen LogP contribution in [-0.2, 0) is 35.1 Å². The monoisotopic (exact) mass is 442 g/mol. The quantitative estimate of drug-likeness (QED) is 0.440. The molecule has 1 aromatic rings. The van der Waals surface area contributed by atoms with Gasteiger partial charge in [0.2, 0.25) is 0 Å². The molecule has 1 aromatic carbocycles. The number of hydrogen-bond donors (Lipinski definition) is 1. The number of ketones is 1. The third kappa shape index (κ3) is 5.92. The van der Waals surface area contributed by atoms with E-state index in [2.05, 4.69) is 13.5 Å². The van der Waals surface area contributed by atoms with Gasteiger partial charge < -0.3 is 24.1 Å². The number of aliphatic hydroxyl groups is 1. The van der Waals surface area contributed by atoms with Crippen molar-refractivity contribution in [2.45, 2.75) is 69.1 Å². The largest absolute Gasteiger partial charge is 0.456 e. The fraction of sp³-hybridized carbons (Fsp3) is 0.440. The van der Waals surface area contributed by atoms with E-state index in [1.807, 2.05) is 30.3 Å². The Labute approximate surface area is 189 Å². The minimum absolute atomic E-state index is 0.271. The van der Waals surface area contributed by atoms with Crippen LogP contribution in [0.5, 0.6) is 0 Å². The van der Waals surface area contributed by atoms with E-state index in [4.69, 9.17) is 18.9 Å². The third-order valence-corrected chi connectivity index (χ3v) is 5.46. The number of carbonyl (C=O) groups is 2. The highest BCUT2D eigenvalue weighted by molar-refractivity contribution is 5.95. The molecule has 172 valence electrons. The van der Waals surface area contributed by atoms with Gasteiger partial charge in [0.1, 0.15) is 18.3 Å². The fourth-order valence-electron chi connectivity index (χ4n) is 3.99. The van der Waals surface area contributed by atoms with E-state index in [9.17, 15) is 14.7 Å². The van der Waals surface area contributed by atoms with Gasteiger partial charge in [-0.15, -0.1) is 6.58 Å². The van der Waals surface area contributed by atoms with E-state index in [0.717, 1.165) is 5.56 Å². The fourth-order valence-corrected chi connectivity index (χ4v) is 3.99. The van der Waals surface area contributed by atoms with Crippen molar-refractivity contribution in [2.24, 2.45) is 0 Å².